The van der Waals surface area contributed by atoms with Gasteiger partial charge in [0.2, 0.25) is 6.23 Å². The quantitative estimate of drug-likeness (QED) is 0.0116. The smallest absolute Gasteiger partial charge is 0.410 e. The largest absolute Gasteiger partial charge is 0.459 e. The first-order valence-electron chi connectivity index (χ1n) is 34.4. The van der Waals surface area contributed by atoms with Gasteiger partial charge >= 0.3 is 54.2 Å². The number of ketones is 1. The summed E-state index contributed by atoms with van der Waals surface area (Å²) in [6.07, 6.45) is -18.7. The van der Waals surface area contributed by atoms with Crippen LogP contribution in [0.4, 0.5) is 19.2 Å². The summed E-state index contributed by atoms with van der Waals surface area (Å²) < 4.78 is 92.8. The maximum Gasteiger partial charge on any atom is 0.410 e. The maximum atomic E-state index is 14.7. The fraction of sp³-hybridized carbons (Fsp3) is 0.520. The summed E-state index contributed by atoms with van der Waals surface area (Å²) in [5.41, 5.74) is 2.58. The molecule has 566 valence electrons. The number of benzene rings is 4. The number of ether oxygens (including phenoxy) is 15. The maximum absolute atomic E-state index is 14.7. The number of carbonyl (C=O) groups is 10. The van der Waals surface area contributed by atoms with Gasteiger partial charge in [-0.1, -0.05) is 181 Å². The molecule has 104 heavy (non-hydrogen) atoms. The van der Waals surface area contributed by atoms with Crippen molar-refractivity contribution in [3.05, 3.63) is 156 Å². The monoisotopic (exact) mass is 1450 g/mol. The molecular formula is C75H96N4O25. The fourth-order valence-electron chi connectivity index (χ4n) is 12.5. The molecule has 29 nitrogen and oxygen atoms in total. The van der Waals surface area contributed by atoms with Crippen LogP contribution < -0.4 is 21.3 Å². The normalized spacial score (nSPS) is 26.4. The lowest BCUT2D eigenvalue weighted by Gasteiger charge is -2.47. The highest BCUT2D eigenvalue weighted by molar-refractivity contribution is 5.88. The lowest BCUT2D eigenvalue weighted by molar-refractivity contribution is -0.296. The molecule has 4 aromatic rings. The third kappa shape index (κ3) is 25.1. The Morgan fingerprint density at radius 2 is 0.942 bits per heavy atom. The van der Waals surface area contributed by atoms with Gasteiger partial charge in [0.15, 0.2) is 43.0 Å². The minimum absolute atomic E-state index is 0. The van der Waals surface area contributed by atoms with Gasteiger partial charge in [0.05, 0.1) is 24.9 Å². The molecule has 1 saturated carbocycles. The van der Waals surface area contributed by atoms with Crippen molar-refractivity contribution in [2.24, 2.45) is 11.8 Å². The Labute approximate surface area is 604 Å². The summed E-state index contributed by atoms with van der Waals surface area (Å²) in [7, 11) is 0. The van der Waals surface area contributed by atoms with Gasteiger partial charge in [-0.15, -0.1) is 0 Å². The van der Waals surface area contributed by atoms with E-state index in [0.717, 1.165) is 53.9 Å². The molecule has 0 bridgehead atoms. The average molecular weight is 1450 g/mol. The number of nitrogens with one attached hydrogen (secondary N) is 4. The van der Waals surface area contributed by atoms with Crippen LogP contribution in [0.1, 0.15) is 130 Å². The zero-order chi connectivity index (χ0) is 74.0. The highest BCUT2D eigenvalue weighted by Gasteiger charge is 2.58. The van der Waals surface area contributed by atoms with E-state index in [4.69, 9.17) is 71.1 Å². The topological polar surface area (TPSA) is 357 Å². The second-order valence-electron chi connectivity index (χ2n) is 25.3. The Bertz CT molecular complexity index is 3460. The average Bonchev–Trinajstić information content (AvgIpc) is 1.42. The molecule has 3 heterocycles. The summed E-state index contributed by atoms with van der Waals surface area (Å²) in [6.45, 7) is 9.73. The van der Waals surface area contributed by atoms with Gasteiger partial charge < -0.3 is 87.0 Å². The molecule has 4 amide bonds. The molecule has 0 aromatic heterocycles. The molecule has 2 saturated heterocycles. The van der Waals surface area contributed by atoms with Crippen LogP contribution in [0.15, 0.2) is 133 Å². The van der Waals surface area contributed by atoms with Crippen molar-refractivity contribution in [2.45, 2.75) is 232 Å². The van der Waals surface area contributed by atoms with Crippen LogP contribution >= 0.6 is 0 Å². The highest BCUT2D eigenvalue weighted by Crippen LogP contribution is 2.43. The van der Waals surface area contributed by atoms with Gasteiger partial charge in [0.1, 0.15) is 62.9 Å². The SMILES string of the molecule is C.CCCCC[C@@H]1C=C[C@@H](NC(=O)OCc2ccccc2)[C@@H](O[C@H]2[C@H](O[C@@H]3O[C@H](CC)[C@@H](O[C@H]4O[C@@H](CNC(=O)OCc5ccccc5)[C@@H](OC(C)=O)[C@H](OC(C)=O)[C@H]4NC(=O)OCc4ccccc4)[C@H]3OC(C)=O)[C@@H](OC(C)=O)[C@H](CC(=O)[C@H](NC(=O)OCc3ccccc3)OC(C)=O)C[C@@H]2C)O1. The predicted molar refractivity (Wildman–Crippen MR) is 367 cm³/mol. The Kier molecular flexibility index (Phi) is 32.3. The standard InChI is InChI=1S/C74H92N4O25.CH4/c1-9-11-16-33-54-34-35-55(76-72(86)90-40-50-27-19-13-20-28-50)68(98-54)101-60-43(3)36-53(37-56(84)67(97-48(8)83)78-74(88)92-42-52-31-23-15-24-32-52)61(93-44(4)79)65(60)103-70-66(96-47(7)82)62(57(10-2)99-70)102-69-59(77-73(87)91-41-51-29-21-14-22-30-51)64(95-46(6)81)63(94-45(5)80)58(100-69)38-75-71(85)89-39-49-25-17-12-18-26-49;/h12-15,17-32,34-35,43,53-55,57-70H,9-11,16,33,36-42H2,1-8H3,(H,75,85)(H,76,86)(H,77,87)(H,78,88);1H4/t43-,53-,54+,55+,57+,58-,59+,60+,61-,62+,63+,64+,65-,66+,67+,68+,69+,70-;/m0./s1. The number of rotatable bonds is 32. The number of amides is 4. The second kappa shape index (κ2) is 41.1. The molecule has 0 radical (unpaired) electrons. The third-order valence-corrected chi connectivity index (χ3v) is 17.1. The summed E-state index contributed by atoms with van der Waals surface area (Å²) in [5.74, 6) is -7.18. The summed E-state index contributed by atoms with van der Waals surface area (Å²) in [5, 5.41) is 10.5. The highest BCUT2D eigenvalue weighted by atomic mass is 16.8. The van der Waals surface area contributed by atoms with Crippen molar-refractivity contribution in [3.63, 3.8) is 0 Å². The number of esters is 5. The molecule has 4 aromatic carbocycles. The number of hydrogen-bond donors (Lipinski definition) is 4. The minimum Gasteiger partial charge on any atom is -0.459 e. The van der Waals surface area contributed by atoms with Crippen LogP contribution in [-0.2, 0) is 126 Å². The van der Waals surface area contributed by atoms with E-state index in [9.17, 15) is 47.9 Å². The van der Waals surface area contributed by atoms with Gasteiger partial charge in [-0.2, -0.15) is 0 Å². The van der Waals surface area contributed by atoms with E-state index in [1.165, 1.54) is 0 Å². The Hall–Kier alpha value is -9.52. The predicted octanol–water partition coefficient (Wildman–Crippen LogP) is 9.17. The number of unbranched alkanes of at least 4 members (excludes halogenated alkanes) is 2. The van der Waals surface area contributed by atoms with Gasteiger partial charge in [-0.05, 0) is 47.4 Å². The van der Waals surface area contributed by atoms with Crippen LogP contribution in [0.5, 0.6) is 0 Å². The minimum atomic E-state index is -1.92. The van der Waals surface area contributed by atoms with E-state index < -0.39 is 183 Å². The Morgan fingerprint density at radius 3 is 1.46 bits per heavy atom. The molecule has 29 heteroatoms. The lowest BCUT2D eigenvalue weighted by Crippen LogP contribution is -2.68. The molecule has 4 aliphatic rings. The van der Waals surface area contributed by atoms with Gasteiger partial charge in [0, 0.05) is 47.0 Å². The van der Waals surface area contributed by atoms with Crippen LogP contribution in [0.2, 0.25) is 0 Å². The van der Waals surface area contributed by atoms with E-state index in [0.29, 0.717) is 28.7 Å². The van der Waals surface area contributed by atoms with E-state index in [1.807, 2.05) is 6.07 Å². The lowest BCUT2D eigenvalue weighted by atomic mass is 9.74. The van der Waals surface area contributed by atoms with Crippen molar-refractivity contribution in [1.29, 1.82) is 0 Å². The fourth-order valence-corrected chi connectivity index (χ4v) is 12.5. The molecule has 18 atom stereocenters. The zero-order valence-corrected chi connectivity index (χ0v) is 58.8. The first-order chi connectivity index (χ1) is 49.5. The second-order valence-corrected chi connectivity index (χ2v) is 25.3. The van der Waals surface area contributed by atoms with Gasteiger partial charge in [-0.3, -0.25) is 34.1 Å². The van der Waals surface area contributed by atoms with Crippen molar-refractivity contribution in [3.8, 4) is 0 Å². The number of carbonyl (C=O) groups excluding carboxylic acids is 10. The van der Waals surface area contributed by atoms with Crippen molar-refractivity contribution >= 4 is 60.0 Å². The first-order valence-corrected chi connectivity index (χ1v) is 34.4. The van der Waals surface area contributed by atoms with E-state index in [-0.39, 0.29) is 46.7 Å². The molecule has 1 aliphatic carbocycles. The third-order valence-electron chi connectivity index (χ3n) is 17.1. The molecule has 3 fully saturated rings. The zero-order valence-electron chi connectivity index (χ0n) is 58.8. The van der Waals surface area contributed by atoms with Crippen molar-refractivity contribution < 1.29 is 119 Å². The molecular weight excluding hydrogens is 1360 g/mol. The van der Waals surface area contributed by atoms with E-state index in [1.54, 1.807) is 141 Å². The van der Waals surface area contributed by atoms with Crippen LogP contribution in [0, 0.1) is 11.8 Å². The van der Waals surface area contributed by atoms with Gasteiger partial charge in [0.25, 0.3) is 0 Å². The summed E-state index contributed by atoms with van der Waals surface area (Å²) in [4.78, 5) is 136. The van der Waals surface area contributed by atoms with Crippen molar-refractivity contribution in [2.75, 3.05) is 6.54 Å². The van der Waals surface area contributed by atoms with Crippen LogP contribution in [0.3, 0.4) is 0 Å². The molecule has 8 rings (SSSR count). The summed E-state index contributed by atoms with van der Waals surface area (Å²) in [6, 6.07) is 32.4. The van der Waals surface area contributed by atoms with Crippen LogP contribution in [0.25, 0.3) is 0 Å². The Morgan fingerprint density at radius 1 is 0.471 bits per heavy atom. The number of alkyl carbamates (subject to hydrolysis) is 4. The van der Waals surface area contributed by atoms with E-state index in [2.05, 4.69) is 28.2 Å². The number of hydrogen-bond acceptors (Lipinski definition) is 25. The molecule has 0 unspecified atom stereocenters. The summed E-state index contributed by atoms with van der Waals surface area (Å²) >= 11 is 0. The number of Topliss-reactive ketones (excluding diaryl/α,β-unsaturated/α-hetero) is 1. The molecule has 4 N–H and O–H groups in total. The Balaban J connectivity index is 0.0000151. The molecule has 3 aliphatic heterocycles. The first kappa shape index (κ1) is 81.8. The van der Waals surface area contributed by atoms with Crippen LogP contribution in [-0.4, -0.2) is 165 Å². The van der Waals surface area contributed by atoms with E-state index >= 15 is 0 Å². The molecule has 0 spiro atoms. The van der Waals surface area contributed by atoms with Crippen molar-refractivity contribution in [1.82, 2.24) is 21.3 Å². The van der Waals surface area contributed by atoms with Gasteiger partial charge in [-0.25, -0.2) is 19.2 Å².